The fourth-order valence-electron chi connectivity index (χ4n) is 1.89. The van der Waals surface area contributed by atoms with Crippen molar-refractivity contribution < 1.29 is 4.79 Å². The molecule has 1 amide bonds. The maximum absolute atomic E-state index is 11.7. The van der Waals surface area contributed by atoms with Crippen LogP contribution in [0.3, 0.4) is 0 Å². The van der Waals surface area contributed by atoms with Crippen LogP contribution in [0.5, 0.6) is 0 Å². The minimum Gasteiger partial charge on any atom is -0.355 e. The second kappa shape index (κ2) is 5.80. The number of amides is 1. The molecule has 5 heteroatoms. The summed E-state index contributed by atoms with van der Waals surface area (Å²) < 4.78 is 0. The third-order valence-corrected chi connectivity index (χ3v) is 3.82. The molecular formula is C12H15N3OS. The van der Waals surface area contributed by atoms with Gasteiger partial charge in [-0.1, -0.05) is 0 Å². The van der Waals surface area contributed by atoms with E-state index in [1.54, 1.807) is 0 Å². The maximum atomic E-state index is 11.7. The molecule has 4 nitrogen and oxygen atoms in total. The van der Waals surface area contributed by atoms with E-state index in [0.29, 0.717) is 11.4 Å². The Balaban J connectivity index is 1.88. The molecule has 1 aromatic rings. The Labute approximate surface area is 105 Å². The molecule has 1 fully saturated rings. The molecule has 17 heavy (non-hydrogen) atoms. The van der Waals surface area contributed by atoms with E-state index >= 15 is 0 Å². The van der Waals surface area contributed by atoms with Crippen molar-refractivity contribution in [2.24, 2.45) is 0 Å². The highest BCUT2D eigenvalue weighted by atomic mass is 32.1. The summed E-state index contributed by atoms with van der Waals surface area (Å²) >= 11 is 1.47. The van der Waals surface area contributed by atoms with Crippen LogP contribution in [0.4, 0.5) is 0 Å². The first-order valence-electron chi connectivity index (χ1n) is 5.79. The Bertz CT molecular complexity index is 435. The number of nitrogens with zero attached hydrogens (tertiary/aromatic N) is 1. The molecule has 0 saturated carbocycles. The Morgan fingerprint density at radius 1 is 1.53 bits per heavy atom. The van der Waals surface area contributed by atoms with E-state index in [1.165, 1.54) is 11.3 Å². The molecule has 0 radical (unpaired) electrons. The molecule has 1 aromatic heterocycles. The molecule has 2 heterocycles. The van der Waals surface area contributed by atoms with Crippen LogP contribution in [0, 0.1) is 11.3 Å². The SMILES string of the molecule is N#Cc1ccc(CNC2CCCCNC2=O)s1. The van der Waals surface area contributed by atoms with E-state index in [0.717, 1.165) is 30.7 Å². The molecule has 0 aromatic carbocycles. The molecule has 1 unspecified atom stereocenters. The lowest BCUT2D eigenvalue weighted by molar-refractivity contribution is -0.122. The number of carbonyl (C=O) groups is 1. The predicted octanol–water partition coefficient (Wildman–Crippen LogP) is 1.38. The van der Waals surface area contributed by atoms with E-state index in [-0.39, 0.29) is 11.9 Å². The third-order valence-electron chi connectivity index (χ3n) is 2.83. The zero-order chi connectivity index (χ0) is 12.1. The van der Waals surface area contributed by atoms with Crippen LogP contribution >= 0.6 is 11.3 Å². The molecule has 0 spiro atoms. The van der Waals surface area contributed by atoms with Crippen LogP contribution in [0.1, 0.15) is 29.0 Å². The molecule has 1 atom stereocenters. The highest BCUT2D eigenvalue weighted by Gasteiger charge is 2.19. The standard InChI is InChI=1S/C12H15N3OS/c13-7-9-4-5-10(17-9)8-15-11-3-1-2-6-14-12(11)16/h4-5,11,15H,1-3,6,8H2,(H,14,16). The number of thiophene rings is 1. The Morgan fingerprint density at radius 3 is 3.18 bits per heavy atom. The van der Waals surface area contributed by atoms with Crippen LogP contribution in [0.2, 0.25) is 0 Å². The fraction of sp³-hybridized carbons (Fsp3) is 0.500. The first-order valence-corrected chi connectivity index (χ1v) is 6.61. The molecule has 0 bridgehead atoms. The lowest BCUT2D eigenvalue weighted by Gasteiger charge is -2.14. The molecular weight excluding hydrogens is 234 g/mol. The van der Waals surface area contributed by atoms with Gasteiger partial charge in [0.05, 0.1) is 6.04 Å². The summed E-state index contributed by atoms with van der Waals surface area (Å²) in [5.41, 5.74) is 0. The van der Waals surface area contributed by atoms with Gasteiger partial charge in [-0.05, 0) is 31.4 Å². The van der Waals surface area contributed by atoms with Crippen LogP contribution in [0.15, 0.2) is 12.1 Å². The number of nitriles is 1. The van der Waals surface area contributed by atoms with E-state index < -0.39 is 0 Å². The molecule has 0 aliphatic carbocycles. The molecule has 1 saturated heterocycles. The van der Waals surface area contributed by atoms with Crippen molar-refractivity contribution in [2.45, 2.75) is 31.8 Å². The lowest BCUT2D eigenvalue weighted by Crippen LogP contribution is -2.42. The minimum atomic E-state index is -0.0925. The summed E-state index contributed by atoms with van der Waals surface area (Å²) in [4.78, 5) is 13.5. The predicted molar refractivity (Wildman–Crippen MR) is 66.5 cm³/mol. The second-order valence-electron chi connectivity index (χ2n) is 4.10. The second-order valence-corrected chi connectivity index (χ2v) is 5.27. The molecule has 90 valence electrons. The highest BCUT2D eigenvalue weighted by molar-refractivity contribution is 7.12. The summed E-state index contributed by atoms with van der Waals surface area (Å²) in [5, 5.41) is 14.9. The van der Waals surface area contributed by atoms with Crippen molar-refractivity contribution in [3.63, 3.8) is 0 Å². The average Bonchev–Trinajstić information content (AvgIpc) is 2.70. The van der Waals surface area contributed by atoms with Gasteiger partial charge in [-0.2, -0.15) is 5.26 Å². The van der Waals surface area contributed by atoms with Crippen LogP contribution in [-0.2, 0) is 11.3 Å². The van der Waals surface area contributed by atoms with Gasteiger partial charge in [-0.25, -0.2) is 0 Å². The van der Waals surface area contributed by atoms with Crippen LogP contribution in [-0.4, -0.2) is 18.5 Å². The van der Waals surface area contributed by atoms with Crippen LogP contribution in [0.25, 0.3) is 0 Å². The van der Waals surface area contributed by atoms with E-state index in [1.807, 2.05) is 12.1 Å². The van der Waals surface area contributed by atoms with Crippen molar-refractivity contribution >= 4 is 17.2 Å². The third kappa shape index (κ3) is 3.29. The topological polar surface area (TPSA) is 64.9 Å². The van der Waals surface area contributed by atoms with Gasteiger partial charge in [-0.3, -0.25) is 4.79 Å². The molecule has 2 rings (SSSR count). The van der Waals surface area contributed by atoms with Crippen molar-refractivity contribution in [2.75, 3.05) is 6.54 Å². The summed E-state index contributed by atoms with van der Waals surface area (Å²) in [6.07, 6.45) is 3.02. The molecule has 2 N–H and O–H groups in total. The van der Waals surface area contributed by atoms with Crippen molar-refractivity contribution in [3.05, 3.63) is 21.9 Å². The number of rotatable bonds is 3. The summed E-state index contributed by atoms with van der Waals surface area (Å²) in [6.45, 7) is 1.44. The summed E-state index contributed by atoms with van der Waals surface area (Å²) in [5.74, 6) is 0.0968. The van der Waals surface area contributed by atoms with Gasteiger partial charge < -0.3 is 10.6 Å². The lowest BCUT2D eigenvalue weighted by atomic mass is 10.1. The normalized spacial score (nSPS) is 20.4. The quantitative estimate of drug-likeness (QED) is 0.850. The molecule has 1 aliphatic rings. The Kier molecular flexibility index (Phi) is 4.13. The first-order chi connectivity index (χ1) is 8.29. The first kappa shape index (κ1) is 12.1. The van der Waals surface area contributed by atoms with Gasteiger partial charge in [0.15, 0.2) is 0 Å². The smallest absolute Gasteiger partial charge is 0.237 e. The number of nitrogens with one attached hydrogen (secondary N) is 2. The van der Waals surface area contributed by atoms with Crippen molar-refractivity contribution in [1.82, 2.24) is 10.6 Å². The van der Waals surface area contributed by atoms with Crippen molar-refractivity contribution in [1.29, 1.82) is 5.26 Å². The van der Waals surface area contributed by atoms with Gasteiger partial charge in [0.25, 0.3) is 0 Å². The van der Waals surface area contributed by atoms with E-state index in [9.17, 15) is 4.79 Å². The fourth-order valence-corrected chi connectivity index (χ4v) is 2.65. The highest BCUT2D eigenvalue weighted by Crippen LogP contribution is 2.15. The largest absolute Gasteiger partial charge is 0.355 e. The zero-order valence-corrected chi connectivity index (χ0v) is 10.3. The monoisotopic (exact) mass is 249 g/mol. The maximum Gasteiger partial charge on any atom is 0.237 e. The zero-order valence-electron chi connectivity index (χ0n) is 9.53. The van der Waals surface area contributed by atoms with Gasteiger partial charge in [0.1, 0.15) is 10.9 Å². The summed E-state index contributed by atoms with van der Waals surface area (Å²) in [6, 6.07) is 5.77. The van der Waals surface area contributed by atoms with E-state index in [2.05, 4.69) is 16.7 Å². The summed E-state index contributed by atoms with van der Waals surface area (Å²) in [7, 11) is 0. The van der Waals surface area contributed by atoms with Gasteiger partial charge in [0.2, 0.25) is 5.91 Å². The number of hydrogen-bond donors (Lipinski definition) is 2. The van der Waals surface area contributed by atoms with Gasteiger partial charge >= 0.3 is 0 Å². The molecule has 1 aliphatic heterocycles. The van der Waals surface area contributed by atoms with Gasteiger partial charge in [0, 0.05) is 18.0 Å². The van der Waals surface area contributed by atoms with E-state index in [4.69, 9.17) is 5.26 Å². The Morgan fingerprint density at radius 2 is 2.41 bits per heavy atom. The Hall–Kier alpha value is -1.38. The van der Waals surface area contributed by atoms with Crippen molar-refractivity contribution in [3.8, 4) is 6.07 Å². The van der Waals surface area contributed by atoms with Gasteiger partial charge in [-0.15, -0.1) is 11.3 Å². The number of hydrogen-bond acceptors (Lipinski definition) is 4. The van der Waals surface area contributed by atoms with Crippen LogP contribution < -0.4 is 10.6 Å². The average molecular weight is 249 g/mol. The number of carbonyl (C=O) groups excluding carboxylic acids is 1. The minimum absolute atomic E-state index is 0.0925.